The highest BCUT2D eigenvalue weighted by Crippen LogP contribution is 2.47. The van der Waals surface area contributed by atoms with Crippen LogP contribution in [0.3, 0.4) is 0 Å². The first-order valence-electron chi connectivity index (χ1n) is 15.6. The molecule has 5 amide bonds. The van der Waals surface area contributed by atoms with E-state index in [0.717, 1.165) is 0 Å². The summed E-state index contributed by atoms with van der Waals surface area (Å²) < 4.78 is 18.8. The number of benzene rings is 1. The van der Waals surface area contributed by atoms with Crippen LogP contribution >= 0.6 is 29.0 Å². The Kier molecular flexibility index (Phi) is 13.2. The van der Waals surface area contributed by atoms with Gasteiger partial charge in [-0.2, -0.15) is 0 Å². The summed E-state index contributed by atoms with van der Waals surface area (Å²) in [5.74, 6) is -4.28. The fourth-order valence-electron chi connectivity index (χ4n) is 6.02. The van der Waals surface area contributed by atoms with Crippen molar-refractivity contribution in [3.63, 3.8) is 0 Å². The van der Waals surface area contributed by atoms with Gasteiger partial charge in [-0.15, -0.1) is 0 Å². The maximum absolute atomic E-state index is 13.9. The van der Waals surface area contributed by atoms with Crippen molar-refractivity contribution in [1.29, 1.82) is 0 Å². The molecule has 4 rings (SSSR count). The number of esters is 1. The maximum atomic E-state index is 13.9. The number of carbonyl (C=O) groups excluding carboxylic acids is 6. The molecule has 0 aromatic heterocycles. The number of hydrogen-bond acceptors (Lipinski definition) is 10. The van der Waals surface area contributed by atoms with Gasteiger partial charge in [-0.05, 0) is 31.2 Å². The van der Waals surface area contributed by atoms with Gasteiger partial charge in [0.15, 0.2) is 0 Å². The third-order valence-corrected chi connectivity index (χ3v) is 13.0. The molecule has 3 saturated heterocycles. The monoisotopic (exact) mass is 711 g/mol. The first-order chi connectivity index (χ1) is 22.4. The normalized spacial score (nSPS) is 30.1. The quantitative estimate of drug-likeness (QED) is 0.197. The SMILES string of the molecule is COC(=O)[C@@H]1CSSC[C@H](NC(C)=O)C(=O)N2CCC[C@H]2C(=O)N[C@H](Cc2ccccc2)P(=O)(O)CCC(=O)N2CCC[C@H]2C(=O)N1. The van der Waals surface area contributed by atoms with Crippen LogP contribution in [0.15, 0.2) is 30.3 Å². The van der Waals surface area contributed by atoms with Crippen LogP contribution < -0.4 is 16.0 Å². The van der Waals surface area contributed by atoms with Crippen molar-refractivity contribution < 1.29 is 43.0 Å². The summed E-state index contributed by atoms with van der Waals surface area (Å²) in [7, 11) is -0.627. The van der Waals surface area contributed by atoms with E-state index in [1.165, 1.54) is 45.4 Å². The number of rotatable bonds is 4. The lowest BCUT2D eigenvalue weighted by atomic mass is 10.1. The number of nitrogens with one attached hydrogen (secondary N) is 3. The second-order valence-electron chi connectivity index (χ2n) is 11.8. The molecule has 0 spiro atoms. The molecular weight excluding hydrogens is 669 g/mol. The van der Waals surface area contributed by atoms with Crippen molar-refractivity contribution in [1.82, 2.24) is 25.8 Å². The molecule has 1 aromatic carbocycles. The van der Waals surface area contributed by atoms with Crippen LogP contribution in [0.4, 0.5) is 0 Å². The van der Waals surface area contributed by atoms with Crippen molar-refractivity contribution in [3.05, 3.63) is 35.9 Å². The van der Waals surface area contributed by atoms with Gasteiger partial charge in [-0.3, -0.25) is 28.5 Å². The molecule has 47 heavy (non-hydrogen) atoms. The third kappa shape index (κ3) is 9.74. The molecule has 3 fully saturated rings. The second-order valence-corrected chi connectivity index (χ2v) is 16.9. The molecule has 14 nitrogen and oxygen atoms in total. The lowest BCUT2D eigenvalue weighted by Crippen LogP contribution is -2.55. The summed E-state index contributed by atoms with van der Waals surface area (Å²) in [6.45, 7) is 1.82. The van der Waals surface area contributed by atoms with Crippen molar-refractivity contribution >= 4 is 64.5 Å². The smallest absolute Gasteiger partial charge is 0.329 e. The van der Waals surface area contributed by atoms with Gasteiger partial charge >= 0.3 is 5.97 Å². The van der Waals surface area contributed by atoms with Crippen LogP contribution in [0.25, 0.3) is 0 Å². The summed E-state index contributed by atoms with van der Waals surface area (Å²) in [4.78, 5) is 92.8. The maximum Gasteiger partial charge on any atom is 0.329 e. The highest BCUT2D eigenvalue weighted by Gasteiger charge is 2.42. The van der Waals surface area contributed by atoms with Gasteiger partial charge < -0.3 is 35.4 Å². The van der Waals surface area contributed by atoms with E-state index < -0.39 is 79.0 Å². The minimum absolute atomic E-state index is 0.0151. The van der Waals surface area contributed by atoms with E-state index in [9.17, 15) is 38.2 Å². The lowest BCUT2D eigenvalue weighted by molar-refractivity contribution is -0.145. The van der Waals surface area contributed by atoms with Crippen molar-refractivity contribution in [3.8, 4) is 0 Å². The van der Waals surface area contributed by atoms with E-state index in [2.05, 4.69) is 16.0 Å². The number of methoxy groups -OCH3 is 1. The number of nitrogens with zero attached hydrogens (tertiary/aromatic N) is 2. The summed E-state index contributed by atoms with van der Waals surface area (Å²) in [5.41, 5.74) is 0.698. The molecule has 0 radical (unpaired) electrons. The van der Waals surface area contributed by atoms with Crippen LogP contribution in [-0.2, 0) is 44.5 Å². The van der Waals surface area contributed by atoms with E-state index in [-0.39, 0.29) is 37.4 Å². The Hall–Kier alpha value is -3.07. The lowest BCUT2D eigenvalue weighted by Gasteiger charge is -2.31. The fourth-order valence-corrected chi connectivity index (χ4v) is 9.97. The molecule has 258 valence electrons. The summed E-state index contributed by atoms with van der Waals surface area (Å²) in [6, 6.07) is 5.04. The first kappa shape index (κ1) is 36.8. The Balaban J connectivity index is 1.65. The van der Waals surface area contributed by atoms with Gasteiger partial charge in [0.2, 0.25) is 36.9 Å². The average Bonchev–Trinajstić information content (AvgIpc) is 3.74. The fraction of sp³-hybridized carbons (Fsp3) is 0.600. The molecule has 0 aliphatic carbocycles. The zero-order chi connectivity index (χ0) is 34.1. The molecule has 6 atom stereocenters. The number of hydrogen-bond donors (Lipinski definition) is 4. The highest BCUT2D eigenvalue weighted by atomic mass is 33.1. The Morgan fingerprint density at radius 1 is 0.979 bits per heavy atom. The molecule has 0 bridgehead atoms. The predicted octanol–water partition coefficient (Wildman–Crippen LogP) is 0.871. The topological polar surface area (TPSA) is 192 Å². The van der Waals surface area contributed by atoms with E-state index in [0.29, 0.717) is 31.2 Å². The zero-order valence-electron chi connectivity index (χ0n) is 26.4. The zero-order valence-corrected chi connectivity index (χ0v) is 29.0. The van der Waals surface area contributed by atoms with Crippen LogP contribution in [0, 0.1) is 0 Å². The van der Waals surface area contributed by atoms with Crippen molar-refractivity contribution in [2.24, 2.45) is 0 Å². The van der Waals surface area contributed by atoms with Crippen LogP contribution in [0.2, 0.25) is 0 Å². The van der Waals surface area contributed by atoms with Crippen molar-refractivity contribution in [2.75, 3.05) is 37.9 Å². The summed E-state index contributed by atoms with van der Waals surface area (Å²) in [5, 5.41) is 8.07. The molecule has 4 N–H and O–H groups in total. The van der Waals surface area contributed by atoms with E-state index in [1.807, 2.05) is 0 Å². The molecule has 3 heterocycles. The number of carbonyl (C=O) groups is 6. The third-order valence-electron chi connectivity index (χ3n) is 8.46. The van der Waals surface area contributed by atoms with E-state index >= 15 is 0 Å². The average molecular weight is 712 g/mol. The Morgan fingerprint density at radius 3 is 2.26 bits per heavy atom. The Morgan fingerprint density at radius 2 is 1.60 bits per heavy atom. The van der Waals surface area contributed by atoms with Gasteiger partial charge in [0.05, 0.1) is 7.11 Å². The molecule has 3 aliphatic heterocycles. The molecule has 17 heteroatoms. The Labute approximate surface area is 281 Å². The van der Waals surface area contributed by atoms with Gasteiger partial charge in [-0.1, -0.05) is 51.9 Å². The molecule has 1 aromatic rings. The van der Waals surface area contributed by atoms with Crippen LogP contribution in [0.5, 0.6) is 0 Å². The van der Waals surface area contributed by atoms with Crippen LogP contribution in [0.1, 0.15) is 44.6 Å². The highest BCUT2D eigenvalue weighted by molar-refractivity contribution is 8.76. The minimum Gasteiger partial charge on any atom is -0.467 e. The summed E-state index contributed by atoms with van der Waals surface area (Å²) in [6.07, 6.45) is 0.983. The molecular formula is C30H42N5O9PS2. The van der Waals surface area contributed by atoms with Crippen LogP contribution in [-0.4, -0.2) is 118 Å². The van der Waals surface area contributed by atoms with Gasteiger partial charge in [-0.25, -0.2) is 4.79 Å². The molecule has 0 saturated carbocycles. The predicted molar refractivity (Wildman–Crippen MR) is 177 cm³/mol. The Bertz CT molecular complexity index is 1390. The summed E-state index contributed by atoms with van der Waals surface area (Å²) >= 11 is 0. The molecule has 3 aliphatic rings. The van der Waals surface area contributed by atoms with Crippen molar-refractivity contribution in [2.45, 2.75) is 75.4 Å². The van der Waals surface area contributed by atoms with Gasteiger partial charge in [0.1, 0.15) is 30.0 Å². The van der Waals surface area contributed by atoms with E-state index in [4.69, 9.17) is 4.74 Å². The standard InChI is InChI=1S/C30H42N5O9PS2/c1-19(36)31-21-17-46-47-18-22(30(41)44-2)32-27(38)23-10-6-13-34(23)26(37)12-15-45(42,43)25(16-20-8-4-3-5-9-20)33-28(39)24-11-7-14-35(24)29(21)40/h3-5,8-9,21-25H,6-7,10-18H2,1-2H3,(H,31,36)(H,32,38)(H,33,39)(H,42,43)/t21-,22-,23-,24-,25-/m0/s1. The van der Waals surface area contributed by atoms with Gasteiger partial charge in [0, 0.05) is 50.5 Å². The van der Waals surface area contributed by atoms with E-state index in [1.54, 1.807) is 30.3 Å². The van der Waals surface area contributed by atoms with Gasteiger partial charge in [0.25, 0.3) is 0 Å². The second kappa shape index (κ2) is 16.8. The number of amides is 5. The number of ether oxygens (including phenoxy) is 1. The minimum atomic E-state index is -4.23. The first-order valence-corrected chi connectivity index (χ1v) is 20.0. The largest absolute Gasteiger partial charge is 0.467 e. The molecule has 1 unspecified atom stereocenters. The number of fused-ring (bicyclic) bond motifs is 2.